The summed E-state index contributed by atoms with van der Waals surface area (Å²) < 4.78 is 73.3. The number of rotatable bonds is 10. The van der Waals surface area contributed by atoms with Crippen LogP contribution in [0.2, 0.25) is 0 Å². The lowest BCUT2D eigenvalue weighted by molar-refractivity contribution is -0.141. The fourth-order valence-electron chi connectivity index (χ4n) is 4.90. The Morgan fingerprint density at radius 3 is 2.36 bits per heavy atom. The van der Waals surface area contributed by atoms with Gasteiger partial charge in [-0.1, -0.05) is 43.2 Å². The van der Waals surface area contributed by atoms with Crippen molar-refractivity contribution in [3.05, 3.63) is 107 Å². The quantitative estimate of drug-likeness (QED) is 0.144. The molecule has 0 radical (unpaired) electrons. The summed E-state index contributed by atoms with van der Waals surface area (Å²) in [6.07, 6.45) is 1.98. The number of nitrogens with zero attached hydrogens (tertiary/aromatic N) is 3. The number of hydrogen-bond acceptors (Lipinski definition) is 5. The maximum absolute atomic E-state index is 15.3. The number of carbonyl (C=O) groups excluding carboxylic acids is 1. The molecule has 1 unspecified atom stereocenters. The number of hydrogen-bond donors (Lipinski definition) is 2. The molecule has 1 aliphatic rings. The van der Waals surface area contributed by atoms with Crippen LogP contribution in [-0.4, -0.2) is 30.0 Å². The normalized spacial score (nSPS) is 15.9. The maximum Gasteiger partial charge on any atom is 0.435 e. The summed E-state index contributed by atoms with van der Waals surface area (Å²) in [4.78, 5) is 17.8. The molecule has 1 aliphatic carbocycles. The first kappa shape index (κ1) is 31.7. The summed E-state index contributed by atoms with van der Waals surface area (Å²) in [5, 5.41) is 6.09. The molecule has 232 valence electrons. The molecular formula is C32H33F4N5O2S. The van der Waals surface area contributed by atoms with E-state index >= 15 is 4.39 Å². The lowest BCUT2D eigenvalue weighted by Gasteiger charge is -2.38. The Balaban J connectivity index is 1.58. The van der Waals surface area contributed by atoms with E-state index in [9.17, 15) is 22.5 Å². The van der Waals surface area contributed by atoms with E-state index in [0.717, 1.165) is 23.9 Å². The molecule has 2 aromatic heterocycles. The molecule has 1 saturated carbocycles. The number of nitrogens with one attached hydrogen (secondary N) is 2. The summed E-state index contributed by atoms with van der Waals surface area (Å²) in [6, 6.07) is 16.3. The largest absolute Gasteiger partial charge is 0.598 e. The Morgan fingerprint density at radius 2 is 1.75 bits per heavy atom. The fourth-order valence-corrected chi connectivity index (χ4v) is 5.86. The van der Waals surface area contributed by atoms with Gasteiger partial charge in [0.25, 0.3) is 5.91 Å². The van der Waals surface area contributed by atoms with E-state index in [1.165, 1.54) is 24.3 Å². The highest BCUT2D eigenvalue weighted by Gasteiger charge is 2.44. The Kier molecular flexibility index (Phi) is 8.88. The second kappa shape index (κ2) is 12.3. The number of benzene rings is 2. The van der Waals surface area contributed by atoms with Gasteiger partial charge in [0.1, 0.15) is 21.8 Å². The zero-order valence-electron chi connectivity index (χ0n) is 24.5. The second-order valence-corrected chi connectivity index (χ2v) is 13.9. The smallest absolute Gasteiger partial charge is 0.435 e. The number of para-hydroxylation sites is 1. The van der Waals surface area contributed by atoms with Crippen molar-refractivity contribution < 1.29 is 26.9 Å². The highest BCUT2D eigenvalue weighted by atomic mass is 32.2. The van der Waals surface area contributed by atoms with Crippen LogP contribution in [-0.2, 0) is 23.1 Å². The maximum atomic E-state index is 15.3. The molecule has 1 amide bonds. The minimum atomic E-state index is -4.81. The zero-order chi connectivity index (χ0) is 31.7. The van der Waals surface area contributed by atoms with Gasteiger partial charge in [0.05, 0.1) is 11.4 Å². The summed E-state index contributed by atoms with van der Waals surface area (Å²) in [7, 11) is 0. The number of carbonyl (C=O) groups is 1. The number of amides is 1. The van der Waals surface area contributed by atoms with Gasteiger partial charge in [-0.05, 0) is 81.0 Å². The molecule has 4 aromatic rings. The standard InChI is InChI=1S/C32H33F4N5O2S/c1-30(2,3)44(43)40-31(16-15-21-11-12-21,23-8-7-17-37-20-23)22-13-14-25(33)26(18-22)38-29(42)27-19-28(32(34,35)36)39-41(27)24-9-5-4-6-10-24/h4-10,13-14,17-21,40H,11-12,15-16H2,1-3H3,(H,38,42)/t31-,44?/m1/s1. The lowest BCUT2D eigenvalue weighted by atomic mass is 9.80. The minimum absolute atomic E-state index is 0.229. The highest BCUT2D eigenvalue weighted by Crippen LogP contribution is 2.43. The molecule has 44 heavy (non-hydrogen) atoms. The monoisotopic (exact) mass is 627 g/mol. The molecule has 5 rings (SSSR count). The van der Waals surface area contributed by atoms with Gasteiger partial charge in [-0.2, -0.15) is 18.3 Å². The van der Waals surface area contributed by atoms with Crippen molar-refractivity contribution in [1.82, 2.24) is 19.5 Å². The summed E-state index contributed by atoms with van der Waals surface area (Å²) in [5.41, 5.74) is -1.54. The van der Waals surface area contributed by atoms with Crippen LogP contribution in [0.25, 0.3) is 5.69 Å². The molecule has 2 heterocycles. The van der Waals surface area contributed by atoms with Gasteiger partial charge < -0.3 is 9.87 Å². The van der Waals surface area contributed by atoms with Crippen molar-refractivity contribution >= 4 is 23.0 Å². The van der Waals surface area contributed by atoms with Crippen LogP contribution >= 0.6 is 0 Å². The molecule has 0 spiro atoms. The molecule has 0 saturated heterocycles. The lowest BCUT2D eigenvalue weighted by Crippen LogP contribution is -2.52. The van der Waals surface area contributed by atoms with Crippen LogP contribution in [0.15, 0.2) is 79.1 Å². The first-order valence-corrected chi connectivity index (χ1v) is 15.4. The molecule has 7 nitrogen and oxygen atoms in total. The number of alkyl halides is 3. The molecule has 0 aliphatic heterocycles. The van der Waals surface area contributed by atoms with E-state index in [1.807, 2.05) is 26.8 Å². The van der Waals surface area contributed by atoms with E-state index in [2.05, 4.69) is 20.1 Å². The third-order valence-corrected chi connectivity index (χ3v) is 9.19. The first-order valence-electron chi connectivity index (χ1n) is 14.2. The SMILES string of the molecule is CC(C)(C)[S+]([O-])N[C@@](CCC1CC1)(c1cccnc1)c1ccc(F)c(NC(=O)c2cc(C(F)(F)F)nn2-c2ccccc2)c1. The van der Waals surface area contributed by atoms with Gasteiger partial charge in [-0.3, -0.25) is 9.78 Å². The van der Waals surface area contributed by atoms with Crippen LogP contribution in [0.1, 0.15) is 73.8 Å². The Hall–Kier alpha value is -3.74. The molecule has 1 fully saturated rings. The van der Waals surface area contributed by atoms with Crippen LogP contribution in [0.3, 0.4) is 0 Å². The molecule has 2 N–H and O–H groups in total. The summed E-state index contributed by atoms with van der Waals surface area (Å²) >= 11 is -1.56. The van der Waals surface area contributed by atoms with Crippen molar-refractivity contribution in [2.45, 2.75) is 62.9 Å². The van der Waals surface area contributed by atoms with E-state index < -0.39 is 50.9 Å². The number of halogens is 4. The Morgan fingerprint density at radius 1 is 1.02 bits per heavy atom. The van der Waals surface area contributed by atoms with Crippen molar-refractivity contribution in [3.63, 3.8) is 0 Å². The van der Waals surface area contributed by atoms with Gasteiger partial charge in [-0.25, -0.2) is 9.07 Å². The van der Waals surface area contributed by atoms with Crippen molar-refractivity contribution in [3.8, 4) is 5.69 Å². The summed E-state index contributed by atoms with van der Waals surface area (Å²) in [5.74, 6) is -1.26. The third-order valence-electron chi connectivity index (χ3n) is 7.54. The van der Waals surface area contributed by atoms with E-state index in [4.69, 9.17) is 0 Å². The van der Waals surface area contributed by atoms with Crippen LogP contribution < -0.4 is 10.0 Å². The fraction of sp³-hybridized carbons (Fsp3) is 0.344. The van der Waals surface area contributed by atoms with Crippen LogP contribution in [0.5, 0.6) is 0 Å². The molecule has 2 atom stereocenters. The molecule has 0 bridgehead atoms. The van der Waals surface area contributed by atoms with Crippen molar-refractivity contribution in [2.75, 3.05) is 5.32 Å². The van der Waals surface area contributed by atoms with Crippen molar-refractivity contribution in [1.29, 1.82) is 0 Å². The van der Waals surface area contributed by atoms with Gasteiger partial charge in [0.15, 0.2) is 5.69 Å². The third kappa shape index (κ3) is 6.98. The van der Waals surface area contributed by atoms with Gasteiger partial charge in [0.2, 0.25) is 0 Å². The second-order valence-electron chi connectivity index (χ2n) is 11.9. The average molecular weight is 628 g/mol. The Labute approximate surface area is 256 Å². The van der Waals surface area contributed by atoms with E-state index in [-0.39, 0.29) is 11.4 Å². The van der Waals surface area contributed by atoms with Gasteiger partial charge in [-0.15, -0.1) is 4.72 Å². The number of anilines is 1. The van der Waals surface area contributed by atoms with Gasteiger partial charge >= 0.3 is 6.18 Å². The van der Waals surface area contributed by atoms with Crippen LogP contribution in [0.4, 0.5) is 23.2 Å². The molecular weight excluding hydrogens is 594 g/mol. The summed E-state index contributed by atoms with van der Waals surface area (Å²) in [6.45, 7) is 5.52. The number of aromatic nitrogens is 3. The van der Waals surface area contributed by atoms with Crippen LogP contribution in [0, 0.1) is 11.7 Å². The Bertz CT molecular complexity index is 1600. The van der Waals surface area contributed by atoms with E-state index in [0.29, 0.717) is 29.5 Å². The predicted molar refractivity (Wildman–Crippen MR) is 161 cm³/mol. The molecule has 12 heteroatoms. The number of pyridine rings is 1. The van der Waals surface area contributed by atoms with Crippen molar-refractivity contribution in [2.24, 2.45) is 5.92 Å². The van der Waals surface area contributed by atoms with Gasteiger partial charge in [0, 0.05) is 29.8 Å². The average Bonchev–Trinajstić information content (AvgIpc) is 3.70. The first-order chi connectivity index (χ1) is 20.8. The minimum Gasteiger partial charge on any atom is -0.598 e. The highest BCUT2D eigenvalue weighted by molar-refractivity contribution is 7.90. The topological polar surface area (TPSA) is 94.9 Å². The molecule has 2 aromatic carbocycles. The zero-order valence-corrected chi connectivity index (χ0v) is 25.3. The predicted octanol–water partition coefficient (Wildman–Crippen LogP) is 7.16. The van der Waals surface area contributed by atoms with E-state index in [1.54, 1.807) is 42.7 Å².